The maximum Gasteiger partial charge on any atom is 0.262 e. The number of hydrogen-bond acceptors (Lipinski definition) is 6. The zero-order valence-corrected chi connectivity index (χ0v) is 18.4. The van der Waals surface area contributed by atoms with Gasteiger partial charge in [-0.3, -0.25) is 4.79 Å². The van der Waals surface area contributed by atoms with Gasteiger partial charge in [0.05, 0.1) is 30.9 Å². The standard InChI is InChI=1S/C19H20Cl2N2O6S/c1-27-18-3-2-16(30(25,26)23-4-6-28-7-5-23)11-17(18)22-19(24)12-29-15-9-13(20)8-14(21)10-15/h2-3,8-11H,4-7,12H2,1H3,(H,22,24). The van der Waals surface area contributed by atoms with Crippen LogP contribution in [0.4, 0.5) is 5.69 Å². The second-order valence-corrected chi connectivity index (χ2v) is 9.13. The lowest BCUT2D eigenvalue weighted by Gasteiger charge is -2.26. The Bertz CT molecular complexity index is 1010. The average molecular weight is 475 g/mol. The number of carbonyl (C=O) groups is 1. The number of anilines is 1. The Labute approximate surface area is 184 Å². The van der Waals surface area contributed by atoms with Crippen LogP contribution in [0.3, 0.4) is 0 Å². The van der Waals surface area contributed by atoms with E-state index in [0.29, 0.717) is 34.8 Å². The molecule has 1 aliphatic rings. The number of ether oxygens (including phenoxy) is 3. The van der Waals surface area contributed by atoms with E-state index in [1.165, 1.54) is 41.7 Å². The Hall–Kier alpha value is -2.04. The molecule has 1 N–H and O–H groups in total. The molecule has 0 aliphatic carbocycles. The van der Waals surface area contributed by atoms with Crippen LogP contribution in [-0.4, -0.2) is 58.7 Å². The molecule has 0 saturated carbocycles. The molecule has 2 aromatic rings. The number of morpholine rings is 1. The van der Waals surface area contributed by atoms with Crippen molar-refractivity contribution < 1.29 is 27.4 Å². The van der Waals surface area contributed by atoms with Gasteiger partial charge in [-0.2, -0.15) is 4.31 Å². The van der Waals surface area contributed by atoms with Crippen molar-refractivity contribution in [1.82, 2.24) is 4.31 Å². The molecule has 11 heteroatoms. The number of benzene rings is 2. The molecule has 8 nitrogen and oxygen atoms in total. The van der Waals surface area contributed by atoms with Crippen molar-refractivity contribution in [2.75, 3.05) is 45.3 Å². The van der Waals surface area contributed by atoms with Crippen molar-refractivity contribution in [3.8, 4) is 11.5 Å². The first-order chi connectivity index (χ1) is 14.3. The fourth-order valence-corrected chi connectivity index (χ4v) is 4.77. The van der Waals surface area contributed by atoms with Gasteiger partial charge >= 0.3 is 0 Å². The molecular formula is C19H20Cl2N2O6S. The third-order valence-corrected chi connectivity index (χ3v) is 6.59. The number of halogens is 2. The van der Waals surface area contributed by atoms with E-state index < -0.39 is 15.9 Å². The van der Waals surface area contributed by atoms with Crippen LogP contribution in [-0.2, 0) is 19.6 Å². The summed E-state index contributed by atoms with van der Waals surface area (Å²) < 4.78 is 42.9. The molecule has 1 heterocycles. The molecule has 1 fully saturated rings. The second kappa shape index (κ2) is 9.84. The highest BCUT2D eigenvalue weighted by Gasteiger charge is 2.27. The molecule has 1 aliphatic heterocycles. The number of methoxy groups -OCH3 is 1. The number of rotatable bonds is 7. The second-order valence-electron chi connectivity index (χ2n) is 6.32. The van der Waals surface area contributed by atoms with Gasteiger partial charge in [0.2, 0.25) is 10.0 Å². The molecule has 2 aromatic carbocycles. The van der Waals surface area contributed by atoms with Gasteiger partial charge < -0.3 is 19.5 Å². The lowest BCUT2D eigenvalue weighted by atomic mass is 10.3. The van der Waals surface area contributed by atoms with Crippen molar-refractivity contribution in [1.29, 1.82) is 0 Å². The number of nitrogens with zero attached hydrogens (tertiary/aromatic N) is 1. The largest absolute Gasteiger partial charge is 0.495 e. The third-order valence-electron chi connectivity index (χ3n) is 4.26. The van der Waals surface area contributed by atoms with E-state index >= 15 is 0 Å². The maximum atomic E-state index is 12.9. The molecule has 162 valence electrons. The first-order valence-electron chi connectivity index (χ1n) is 8.94. The van der Waals surface area contributed by atoms with Crippen LogP contribution in [0.25, 0.3) is 0 Å². The van der Waals surface area contributed by atoms with Crippen LogP contribution in [0.2, 0.25) is 10.0 Å². The molecule has 0 unspecified atom stereocenters. The van der Waals surface area contributed by atoms with E-state index in [1.54, 1.807) is 6.07 Å². The summed E-state index contributed by atoms with van der Waals surface area (Å²) >= 11 is 11.8. The van der Waals surface area contributed by atoms with Crippen molar-refractivity contribution in [3.63, 3.8) is 0 Å². The van der Waals surface area contributed by atoms with Crippen LogP contribution in [0.15, 0.2) is 41.3 Å². The fraction of sp³-hybridized carbons (Fsp3) is 0.316. The highest BCUT2D eigenvalue weighted by molar-refractivity contribution is 7.89. The molecule has 0 bridgehead atoms. The Morgan fingerprint density at radius 3 is 2.43 bits per heavy atom. The Morgan fingerprint density at radius 2 is 1.80 bits per heavy atom. The van der Waals surface area contributed by atoms with Crippen molar-refractivity contribution in [3.05, 3.63) is 46.4 Å². The zero-order valence-electron chi connectivity index (χ0n) is 16.1. The molecule has 1 saturated heterocycles. The summed E-state index contributed by atoms with van der Waals surface area (Å²) in [6, 6.07) is 8.87. The van der Waals surface area contributed by atoms with Crippen LogP contribution >= 0.6 is 23.2 Å². The summed E-state index contributed by atoms with van der Waals surface area (Å²) in [6.07, 6.45) is 0. The number of nitrogens with one attached hydrogen (secondary N) is 1. The molecule has 0 atom stereocenters. The quantitative estimate of drug-likeness (QED) is 0.662. The lowest BCUT2D eigenvalue weighted by molar-refractivity contribution is -0.118. The molecule has 0 radical (unpaired) electrons. The third kappa shape index (κ3) is 5.55. The summed E-state index contributed by atoms with van der Waals surface area (Å²) in [5.74, 6) is 0.138. The van der Waals surface area contributed by atoms with Gasteiger partial charge in [0, 0.05) is 23.1 Å². The summed E-state index contributed by atoms with van der Waals surface area (Å²) in [5.41, 5.74) is 0.213. The Kier molecular flexibility index (Phi) is 7.43. The van der Waals surface area contributed by atoms with Crippen LogP contribution < -0.4 is 14.8 Å². The first-order valence-corrected chi connectivity index (χ1v) is 11.1. The summed E-state index contributed by atoms with van der Waals surface area (Å²) in [4.78, 5) is 12.4. The minimum Gasteiger partial charge on any atom is -0.495 e. The Balaban J connectivity index is 1.74. The zero-order chi connectivity index (χ0) is 21.7. The normalized spacial score (nSPS) is 14.9. The summed E-state index contributed by atoms with van der Waals surface area (Å²) in [7, 11) is -2.30. The summed E-state index contributed by atoms with van der Waals surface area (Å²) in [5, 5.41) is 3.36. The van der Waals surface area contributed by atoms with Crippen molar-refractivity contribution >= 4 is 44.8 Å². The van der Waals surface area contributed by atoms with Crippen molar-refractivity contribution in [2.45, 2.75) is 4.90 Å². The predicted molar refractivity (Wildman–Crippen MR) is 113 cm³/mol. The van der Waals surface area contributed by atoms with E-state index in [1.807, 2.05) is 0 Å². The number of carbonyl (C=O) groups excluding carboxylic acids is 1. The van der Waals surface area contributed by atoms with Gasteiger partial charge in [0.15, 0.2) is 6.61 Å². The van der Waals surface area contributed by atoms with E-state index in [0.717, 1.165) is 0 Å². The Morgan fingerprint density at radius 1 is 1.13 bits per heavy atom. The maximum absolute atomic E-state index is 12.9. The number of hydrogen-bond donors (Lipinski definition) is 1. The van der Waals surface area contributed by atoms with Gasteiger partial charge in [0.1, 0.15) is 11.5 Å². The summed E-state index contributed by atoms with van der Waals surface area (Å²) in [6.45, 7) is 0.881. The molecule has 30 heavy (non-hydrogen) atoms. The van der Waals surface area contributed by atoms with Crippen molar-refractivity contribution in [2.24, 2.45) is 0 Å². The number of sulfonamides is 1. The van der Waals surface area contributed by atoms with E-state index in [4.69, 9.17) is 37.4 Å². The molecule has 0 aromatic heterocycles. The van der Waals surface area contributed by atoms with Crippen LogP contribution in [0, 0.1) is 0 Å². The average Bonchev–Trinajstić information content (AvgIpc) is 2.72. The van der Waals surface area contributed by atoms with E-state index in [-0.39, 0.29) is 30.3 Å². The van der Waals surface area contributed by atoms with Gasteiger partial charge in [-0.05, 0) is 36.4 Å². The molecule has 3 rings (SSSR count). The SMILES string of the molecule is COc1ccc(S(=O)(=O)N2CCOCC2)cc1NC(=O)COc1cc(Cl)cc(Cl)c1. The molecule has 0 spiro atoms. The minimum atomic E-state index is -3.72. The molecule has 1 amide bonds. The van der Waals surface area contributed by atoms with Gasteiger partial charge in [-0.25, -0.2) is 8.42 Å². The topological polar surface area (TPSA) is 94.2 Å². The minimum absolute atomic E-state index is 0.0445. The first kappa shape index (κ1) is 22.6. The highest BCUT2D eigenvalue weighted by Crippen LogP contribution is 2.29. The molecular weight excluding hydrogens is 455 g/mol. The van der Waals surface area contributed by atoms with Crippen LogP contribution in [0.5, 0.6) is 11.5 Å². The van der Waals surface area contributed by atoms with Crippen LogP contribution in [0.1, 0.15) is 0 Å². The van der Waals surface area contributed by atoms with E-state index in [9.17, 15) is 13.2 Å². The smallest absolute Gasteiger partial charge is 0.262 e. The van der Waals surface area contributed by atoms with Gasteiger partial charge in [-0.1, -0.05) is 23.2 Å². The van der Waals surface area contributed by atoms with Gasteiger partial charge in [0.25, 0.3) is 5.91 Å². The lowest BCUT2D eigenvalue weighted by Crippen LogP contribution is -2.40. The predicted octanol–water partition coefficient (Wildman–Crippen LogP) is 3.04. The van der Waals surface area contributed by atoms with E-state index in [2.05, 4.69) is 5.32 Å². The van der Waals surface area contributed by atoms with Gasteiger partial charge in [-0.15, -0.1) is 0 Å². The highest BCUT2D eigenvalue weighted by atomic mass is 35.5. The monoisotopic (exact) mass is 474 g/mol. The fourth-order valence-electron chi connectivity index (χ4n) is 2.83. The number of amides is 1.